The van der Waals surface area contributed by atoms with Crippen molar-refractivity contribution in [2.75, 3.05) is 6.54 Å². The second kappa shape index (κ2) is 7.49. The van der Waals surface area contributed by atoms with Crippen LogP contribution in [0.1, 0.15) is 31.2 Å². The van der Waals surface area contributed by atoms with Crippen molar-refractivity contribution in [1.29, 1.82) is 0 Å². The number of carbonyl (C=O) groups excluding carboxylic acids is 1. The second-order valence-electron chi connectivity index (χ2n) is 5.27. The first-order valence-corrected chi connectivity index (χ1v) is 7.21. The zero-order valence-corrected chi connectivity index (χ0v) is 11.8. The van der Waals surface area contributed by atoms with Gasteiger partial charge in [0.2, 0.25) is 5.91 Å². The molecular formula is C17H19NO3. The van der Waals surface area contributed by atoms with Crippen LogP contribution in [0.15, 0.2) is 30.3 Å². The maximum Gasteiger partial charge on any atom is 0.306 e. The third kappa shape index (κ3) is 4.64. The van der Waals surface area contributed by atoms with E-state index in [1.54, 1.807) is 0 Å². The molecule has 0 aromatic heterocycles. The third-order valence-electron chi connectivity index (χ3n) is 3.80. The fourth-order valence-corrected chi connectivity index (χ4v) is 2.55. The molecule has 1 aromatic carbocycles. The Morgan fingerprint density at radius 1 is 1.10 bits per heavy atom. The van der Waals surface area contributed by atoms with Crippen LogP contribution in [0.25, 0.3) is 0 Å². The molecule has 0 radical (unpaired) electrons. The standard InChI is InChI=1S/C17H19NO3/c19-16(14-8-10-15(11-9-14)17(20)21)18-12-4-7-13-5-2-1-3-6-13/h1-3,5-6,14-15H,8-12H2,(H,18,19)(H,20,21). The number of nitrogens with one attached hydrogen (secondary N) is 1. The molecule has 0 aliphatic heterocycles. The summed E-state index contributed by atoms with van der Waals surface area (Å²) in [5.74, 6) is 4.79. The van der Waals surface area contributed by atoms with Gasteiger partial charge in [-0.3, -0.25) is 9.59 Å². The number of benzene rings is 1. The lowest BCUT2D eigenvalue weighted by atomic mass is 9.81. The van der Waals surface area contributed by atoms with Crippen molar-refractivity contribution in [3.8, 4) is 11.8 Å². The van der Waals surface area contributed by atoms with Crippen molar-refractivity contribution in [3.05, 3.63) is 35.9 Å². The Balaban J connectivity index is 1.74. The van der Waals surface area contributed by atoms with E-state index in [2.05, 4.69) is 17.2 Å². The molecule has 0 unspecified atom stereocenters. The first-order chi connectivity index (χ1) is 10.2. The van der Waals surface area contributed by atoms with Crippen molar-refractivity contribution in [2.45, 2.75) is 25.7 Å². The first-order valence-electron chi connectivity index (χ1n) is 7.21. The molecule has 0 bridgehead atoms. The predicted octanol–water partition coefficient (Wildman–Crippen LogP) is 2.05. The van der Waals surface area contributed by atoms with Crippen LogP contribution in [0.5, 0.6) is 0 Å². The lowest BCUT2D eigenvalue weighted by Gasteiger charge is -2.24. The van der Waals surface area contributed by atoms with Gasteiger partial charge in [0, 0.05) is 11.5 Å². The summed E-state index contributed by atoms with van der Waals surface area (Å²) < 4.78 is 0. The molecule has 4 heteroatoms. The van der Waals surface area contributed by atoms with Gasteiger partial charge >= 0.3 is 5.97 Å². The summed E-state index contributed by atoms with van der Waals surface area (Å²) in [5.41, 5.74) is 0.925. The van der Waals surface area contributed by atoms with Crippen LogP contribution in [-0.2, 0) is 9.59 Å². The second-order valence-corrected chi connectivity index (χ2v) is 5.27. The summed E-state index contributed by atoms with van der Waals surface area (Å²) in [5, 5.41) is 11.7. The van der Waals surface area contributed by atoms with Gasteiger partial charge in [0.05, 0.1) is 12.5 Å². The zero-order valence-electron chi connectivity index (χ0n) is 11.8. The van der Waals surface area contributed by atoms with Crippen molar-refractivity contribution in [3.63, 3.8) is 0 Å². The lowest BCUT2D eigenvalue weighted by Crippen LogP contribution is -2.34. The Morgan fingerprint density at radius 3 is 2.33 bits per heavy atom. The van der Waals surface area contributed by atoms with Crippen LogP contribution in [0, 0.1) is 23.7 Å². The van der Waals surface area contributed by atoms with Crippen LogP contribution in [0.3, 0.4) is 0 Å². The number of carboxylic acid groups (broad SMARTS) is 1. The molecule has 2 rings (SSSR count). The normalized spacial score (nSPS) is 21.0. The van der Waals surface area contributed by atoms with Crippen molar-refractivity contribution >= 4 is 11.9 Å². The van der Waals surface area contributed by atoms with Crippen LogP contribution >= 0.6 is 0 Å². The Morgan fingerprint density at radius 2 is 1.71 bits per heavy atom. The van der Waals surface area contributed by atoms with Crippen molar-refractivity contribution < 1.29 is 14.7 Å². The van der Waals surface area contributed by atoms with E-state index in [9.17, 15) is 9.59 Å². The molecule has 1 aliphatic rings. The minimum absolute atomic E-state index is 0.0128. The molecule has 1 saturated carbocycles. The summed E-state index contributed by atoms with van der Waals surface area (Å²) in [4.78, 5) is 22.8. The number of rotatable bonds is 3. The molecule has 0 spiro atoms. The van der Waals surface area contributed by atoms with E-state index in [-0.39, 0.29) is 17.7 Å². The fraction of sp³-hybridized carbons (Fsp3) is 0.412. The minimum atomic E-state index is -0.748. The molecule has 2 N–H and O–H groups in total. The number of amides is 1. The van der Waals surface area contributed by atoms with E-state index >= 15 is 0 Å². The highest BCUT2D eigenvalue weighted by Crippen LogP contribution is 2.28. The number of hydrogen-bond acceptors (Lipinski definition) is 2. The number of carbonyl (C=O) groups is 2. The van der Waals surface area contributed by atoms with E-state index in [1.807, 2.05) is 30.3 Å². The zero-order chi connectivity index (χ0) is 15.1. The monoisotopic (exact) mass is 285 g/mol. The Kier molecular flexibility index (Phi) is 5.39. The Hall–Kier alpha value is -2.28. The predicted molar refractivity (Wildman–Crippen MR) is 79.4 cm³/mol. The summed E-state index contributed by atoms with van der Waals surface area (Å²) in [6.45, 7) is 0.326. The maximum absolute atomic E-state index is 12.0. The molecule has 1 aromatic rings. The van der Waals surface area contributed by atoms with Gasteiger partial charge in [0.1, 0.15) is 0 Å². The molecule has 1 fully saturated rings. The molecule has 110 valence electrons. The number of carboxylic acids is 1. The number of aliphatic carboxylic acids is 1. The Bertz CT molecular complexity index is 548. The van der Waals surface area contributed by atoms with E-state index in [1.165, 1.54) is 0 Å². The summed E-state index contributed by atoms with van der Waals surface area (Å²) in [7, 11) is 0. The average Bonchev–Trinajstić information content (AvgIpc) is 2.52. The largest absolute Gasteiger partial charge is 0.481 e. The minimum Gasteiger partial charge on any atom is -0.481 e. The SMILES string of the molecule is O=C(O)C1CCC(C(=O)NCC#Cc2ccccc2)CC1. The van der Waals surface area contributed by atoms with Gasteiger partial charge < -0.3 is 10.4 Å². The average molecular weight is 285 g/mol. The van der Waals surface area contributed by atoms with Gasteiger partial charge in [0.15, 0.2) is 0 Å². The van der Waals surface area contributed by atoms with Gasteiger partial charge in [-0.15, -0.1) is 0 Å². The fourth-order valence-electron chi connectivity index (χ4n) is 2.55. The molecule has 0 saturated heterocycles. The summed E-state index contributed by atoms with van der Waals surface area (Å²) in [6, 6.07) is 9.61. The lowest BCUT2D eigenvalue weighted by molar-refractivity contribution is -0.144. The van der Waals surface area contributed by atoms with Gasteiger partial charge in [0.25, 0.3) is 0 Å². The van der Waals surface area contributed by atoms with E-state index < -0.39 is 5.97 Å². The van der Waals surface area contributed by atoms with Crippen LogP contribution < -0.4 is 5.32 Å². The van der Waals surface area contributed by atoms with Gasteiger partial charge in [-0.1, -0.05) is 30.0 Å². The topological polar surface area (TPSA) is 66.4 Å². The summed E-state index contributed by atoms with van der Waals surface area (Å²) in [6.07, 6.45) is 2.47. The molecule has 0 heterocycles. The number of hydrogen-bond donors (Lipinski definition) is 2. The van der Waals surface area contributed by atoms with E-state index in [4.69, 9.17) is 5.11 Å². The maximum atomic E-state index is 12.0. The van der Waals surface area contributed by atoms with Crippen LogP contribution in [-0.4, -0.2) is 23.5 Å². The highest BCUT2D eigenvalue weighted by molar-refractivity contribution is 5.79. The van der Waals surface area contributed by atoms with Gasteiger partial charge in [-0.2, -0.15) is 0 Å². The highest BCUT2D eigenvalue weighted by Gasteiger charge is 2.29. The molecule has 4 nitrogen and oxygen atoms in total. The van der Waals surface area contributed by atoms with Crippen LogP contribution in [0.2, 0.25) is 0 Å². The highest BCUT2D eigenvalue weighted by atomic mass is 16.4. The van der Waals surface area contributed by atoms with Crippen molar-refractivity contribution in [1.82, 2.24) is 5.32 Å². The molecular weight excluding hydrogens is 266 g/mol. The molecule has 1 amide bonds. The van der Waals surface area contributed by atoms with Crippen molar-refractivity contribution in [2.24, 2.45) is 11.8 Å². The quantitative estimate of drug-likeness (QED) is 0.835. The Labute approximate surface area is 124 Å². The van der Waals surface area contributed by atoms with Gasteiger partial charge in [-0.05, 0) is 37.8 Å². The van der Waals surface area contributed by atoms with E-state index in [0.29, 0.717) is 32.2 Å². The first kappa shape index (κ1) is 15.1. The third-order valence-corrected chi connectivity index (χ3v) is 3.80. The molecule has 0 atom stereocenters. The molecule has 21 heavy (non-hydrogen) atoms. The smallest absolute Gasteiger partial charge is 0.306 e. The van der Waals surface area contributed by atoms with E-state index in [0.717, 1.165) is 5.56 Å². The molecule has 1 aliphatic carbocycles. The van der Waals surface area contributed by atoms with Gasteiger partial charge in [-0.25, -0.2) is 0 Å². The summed E-state index contributed by atoms with van der Waals surface area (Å²) >= 11 is 0. The van der Waals surface area contributed by atoms with Crippen LogP contribution in [0.4, 0.5) is 0 Å².